The molecule has 0 amide bonds. The van der Waals surface area contributed by atoms with Gasteiger partial charge in [-0.15, -0.1) is 0 Å². The van der Waals surface area contributed by atoms with Crippen molar-refractivity contribution in [2.24, 2.45) is 0 Å². The van der Waals surface area contributed by atoms with E-state index in [0.29, 0.717) is 0 Å². The number of hydrogen-bond acceptors (Lipinski definition) is 2. The van der Waals surface area contributed by atoms with Crippen molar-refractivity contribution in [3.8, 4) is 5.75 Å². The van der Waals surface area contributed by atoms with Crippen LogP contribution >= 0.6 is 0 Å². The molecule has 0 aliphatic carbocycles. The molecule has 1 aromatic carbocycles. The second kappa shape index (κ2) is 5.60. The average molecular weight is 181 g/mol. The summed E-state index contributed by atoms with van der Waals surface area (Å²) in [5, 5.41) is 0. The van der Waals surface area contributed by atoms with Gasteiger partial charge in [0.1, 0.15) is 5.75 Å². The molecule has 1 aromatic rings. The first kappa shape index (κ1) is 12.0. The van der Waals surface area contributed by atoms with Crippen molar-refractivity contribution >= 4 is 0 Å². The minimum atomic E-state index is 0. The lowest BCUT2D eigenvalue weighted by Crippen LogP contribution is -1.98. The number of para-hydroxylation sites is 1. The summed E-state index contributed by atoms with van der Waals surface area (Å²) in [6.45, 7) is 7.09. The normalized spacial score (nSPS) is 9.15. The lowest BCUT2D eigenvalue weighted by Gasteiger charge is -2.10. The number of ether oxygens (including phenoxy) is 1. The molecule has 2 heteroatoms. The molecule has 0 bridgehead atoms. The highest BCUT2D eigenvalue weighted by Gasteiger charge is 2.00. The van der Waals surface area contributed by atoms with Crippen LogP contribution in [0.5, 0.6) is 5.75 Å². The molecule has 0 unspecified atom stereocenters. The summed E-state index contributed by atoms with van der Waals surface area (Å²) in [6.07, 6.45) is 1.06. The third-order valence-corrected chi connectivity index (χ3v) is 1.86. The van der Waals surface area contributed by atoms with Crippen molar-refractivity contribution < 1.29 is 4.74 Å². The predicted octanol–water partition coefficient (Wildman–Crippen LogP) is 3.25. The van der Waals surface area contributed by atoms with Gasteiger partial charge in [0.2, 0.25) is 0 Å². The van der Waals surface area contributed by atoms with E-state index < -0.39 is 0 Å². The van der Waals surface area contributed by atoms with Crippen molar-refractivity contribution in [3.05, 3.63) is 29.3 Å². The third kappa shape index (κ3) is 3.07. The molecule has 13 heavy (non-hydrogen) atoms. The molecule has 0 saturated heterocycles. The zero-order valence-corrected chi connectivity index (χ0v) is 8.76. The Morgan fingerprint density at radius 1 is 1.15 bits per heavy atom. The van der Waals surface area contributed by atoms with Crippen molar-refractivity contribution in [3.63, 3.8) is 0 Å². The first-order chi connectivity index (χ1) is 5.75. The monoisotopic (exact) mass is 181 g/mol. The SMILES string of the molecule is CCCOc1c(C)cccc1C.N. The van der Waals surface area contributed by atoms with Gasteiger partial charge in [-0.25, -0.2) is 0 Å². The summed E-state index contributed by atoms with van der Waals surface area (Å²) in [7, 11) is 0. The highest BCUT2D eigenvalue weighted by molar-refractivity contribution is 5.39. The number of rotatable bonds is 3. The Hall–Kier alpha value is -1.02. The summed E-state index contributed by atoms with van der Waals surface area (Å²) in [5.74, 6) is 1.05. The van der Waals surface area contributed by atoms with E-state index in [4.69, 9.17) is 4.74 Å². The van der Waals surface area contributed by atoms with Gasteiger partial charge in [-0.05, 0) is 31.4 Å². The van der Waals surface area contributed by atoms with E-state index in [-0.39, 0.29) is 6.15 Å². The molecule has 0 saturated carbocycles. The van der Waals surface area contributed by atoms with Crippen LogP contribution in [-0.4, -0.2) is 6.61 Å². The zero-order chi connectivity index (χ0) is 8.97. The Balaban J connectivity index is 0.00000144. The third-order valence-electron chi connectivity index (χ3n) is 1.86. The van der Waals surface area contributed by atoms with Crippen LogP contribution in [0.3, 0.4) is 0 Å². The maximum absolute atomic E-state index is 5.62. The van der Waals surface area contributed by atoms with Crippen molar-refractivity contribution in [2.45, 2.75) is 27.2 Å². The lowest BCUT2D eigenvalue weighted by molar-refractivity contribution is 0.313. The average Bonchev–Trinajstić information content (AvgIpc) is 2.04. The van der Waals surface area contributed by atoms with E-state index in [1.54, 1.807) is 0 Å². The van der Waals surface area contributed by atoms with Gasteiger partial charge in [-0.2, -0.15) is 0 Å². The van der Waals surface area contributed by atoms with Gasteiger partial charge in [0, 0.05) is 0 Å². The maximum atomic E-state index is 5.62. The van der Waals surface area contributed by atoms with Crippen LogP contribution in [0, 0.1) is 13.8 Å². The van der Waals surface area contributed by atoms with Gasteiger partial charge in [0.15, 0.2) is 0 Å². The Morgan fingerprint density at radius 3 is 2.15 bits per heavy atom. The van der Waals surface area contributed by atoms with E-state index in [0.717, 1.165) is 18.8 Å². The van der Waals surface area contributed by atoms with Crippen molar-refractivity contribution in [1.29, 1.82) is 0 Å². The Bertz CT molecular complexity index is 238. The fraction of sp³-hybridized carbons (Fsp3) is 0.455. The van der Waals surface area contributed by atoms with E-state index in [9.17, 15) is 0 Å². The summed E-state index contributed by atoms with van der Waals surface area (Å²) in [4.78, 5) is 0. The Morgan fingerprint density at radius 2 is 1.69 bits per heavy atom. The highest BCUT2D eigenvalue weighted by atomic mass is 16.5. The van der Waals surface area contributed by atoms with Crippen LogP contribution in [0.4, 0.5) is 0 Å². The molecule has 0 radical (unpaired) electrons. The topological polar surface area (TPSA) is 44.2 Å². The van der Waals surface area contributed by atoms with E-state index in [2.05, 4.69) is 39.0 Å². The fourth-order valence-electron chi connectivity index (χ4n) is 1.23. The van der Waals surface area contributed by atoms with Gasteiger partial charge in [-0.1, -0.05) is 25.1 Å². The standard InChI is InChI=1S/C11H16O.H3N/c1-4-8-12-11-9(2)6-5-7-10(11)3;/h5-7H,4,8H2,1-3H3;1H3. The van der Waals surface area contributed by atoms with E-state index >= 15 is 0 Å². The van der Waals surface area contributed by atoms with Gasteiger partial charge < -0.3 is 10.9 Å². The summed E-state index contributed by atoms with van der Waals surface area (Å²) < 4.78 is 5.62. The van der Waals surface area contributed by atoms with E-state index in [1.807, 2.05) is 0 Å². The minimum Gasteiger partial charge on any atom is -0.493 e. The van der Waals surface area contributed by atoms with Crippen molar-refractivity contribution in [2.75, 3.05) is 6.61 Å². The molecule has 0 aliphatic rings. The number of aryl methyl sites for hydroxylation is 2. The molecule has 0 aliphatic heterocycles. The Labute approximate surface area is 80.5 Å². The smallest absolute Gasteiger partial charge is 0.125 e. The summed E-state index contributed by atoms with van der Waals surface area (Å²) in [5.41, 5.74) is 2.45. The predicted molar refractivity (Wildman–Crippen MR) is 56.7 cm³/mol. The van der Waals surface area contributed by atoms with Gasteiger partial charge in [-0.3, -0.25) is 0 Å². The Kier molecular flexibility index (Phi) is 5.16. The largest absolute Gasteiger partial charge is 0.493 e. The summed E-state index contributed by atoms with van der Waals surface area (Å²) >= 11 is 0. The molecule has 0 aromatic heterocycles. The molecule has 3 N–H and O–H groups in total. The van der Waals surface area contributed by atoms with Gasteiger partial charge in [0.25, 0.3) is 0 Å². The van der Waals surface area contributed by atoms with Crippen LogP contribution in [0.1, 0.15) is 24.5 Å². The lowest BCUT2D eigenvalue weighted by atomic mass is 10.1. The molecular formula is C11H19NO. The van der Waals surface area contributed by atoms with Crippen LogP contribution in [0.15, 0.2) is 18.2 Å². The molecule has 0 spiro atoms. The minimum absolute atomic E-state index is 0. The first-order valence-electron chi connectivity index (χ1n) is 4.44. The van der Waals surface area contributed by atoms with Crippen molar-refractivity contribution in [1.82, 2.24) is 6.15 Å². The molecule has 74 valence electrons. The van der Waals surface area contributed by atoms with Crippen LogP contribution in [-0.2, 0) is 0 Å². The van der Waals surface area contributed by atoms with E-state index in [1.165, 1.54) is 11.1 Å². The molecule has 2 nitrogen and oxygen atoms in total. The van der Waals surface area contributed by atoms with Crippen LogP contribution in [0.25, 0.3) is 0 Å². The first-order valence-corrected chi connectivity index (χ1v) is 4.44. The van der Waals surface area contributed by atoms with Gasteiger partial charge >= 0.3 is 0 Å². The van der Waals surface area contributed by atoms with Gasteiger partial charge in [0.05, 0.1) is 6.61 Å². The van der Waals surface area contributed by atoms with Crippen LogP contribution in [0.2, 0.25) is 0 Å². The maximum Gasteiger partial charge on any atom is 0.125 e. The molecule has 0 fully saturated rings. The number of hydrogen-bond donors (Lipinski definition) is 1. The second-order valence-corrected chi connectivity index (χ2v) is 3.07. The summed E-state index contributed by atoms with van der Waals surface area (Å²) in [6, 6.07) is 6.22. The number of benzene rings is 1. The fourth-order valence-corrected chi connectivity index (χ4v) is 1.23. The highest BCUT2D eigenvalue weighted by Crippen LogP contribution is 2.22. The van der Waals surface area contributed by atoms with Crippen LogP contribution < -0.4 is 10.9 Å². The molecule has 0 atom stereocenters. The molecule has 1 rings (SSSR count). The zero-order valence-electron chi connectivity index (χ0n) is 8.76. The molecular weight excluding hydrogens is 162 g/mol. The molecule has 0 heterocycles. The quantitative estimate of drug-likeness (QED) is 0.777. The second-order valence-electron chi connectivity index (χ2n) is 3.07.